The maximum Gasteiger partial charge on any atom is 0.115 e. The zero-order chi connectivity index (χ0) is 14.8. The quantitative estimate of drug-likeness (QED) is 0.858. The highest BCUT2D eigenvalue weighted by Gasteiger charge is 2.22. The van der Waals surface area contributed by atoms with Crippen LogP contribution in [0.15, 0.2) is 55.1 Å². The number of hydrogen-bond acceptors (Lipinski definition) is 2. The highest BCUT2D eigenvalue weighted by molar-refractivity contribution is 5.65. The van der Waals surface area contributed by atoms with Crippen LogP contribution in [-0.4, -0.2) is 10.2 Å². The molecule has 0 fully saturated rings. The molecular weight excluding hydrogens is 248 g/mol. The topological polar surface area (TPSA) is 40.5 Å². The molecule has 2 aromatic rings. The number of benzene rings is 2. The Bertz CT molecular complexity index is 592. The van der Waals surface area contributed by atoms with E-state index in [4.69, 9.17) is 0 Å². The minimum Gasteiger partial charge on any atom is -0.508 e. The van der Waals surface area contributed by atoms with Crippen LogP contribution in [0.1, 0.15) is 31.4 Å². The minimum absolute atomic E-state index is 0.0668. The van der Waals surface area contributed by atoms with Crippen molar-refractivity contribution in [2.24, 2.45) is 0 Å². The Morgan fingerprint density at radius 1 is 0.900 bits per heavy atom. The Labute approximate surface area is 120 Å². The smallest absolute Gasteiger partial charge is 0.115 e. The molecule has 0 amide bonds. The Hall–Kier alpha value is -2.22. The third-order valence-electron chi connectivity index (χ3n) is 3.58. The van der Waals surface area contributed by atoms with Crippen LogP contribution in [0.25, 0.3) is 5.57 Å². The van der Waals surface area contributed by atoms with Crippen LogP contribution in [0.5, 0.6) is 11.5 Å². The van der Waals surface area contributed by atoms with Gasteiger partial charge in [-0.05, 0) is 52.8 Å². The fraction of sp³-hybridized carbons (Fsp3) is 0.222. The molecule has 104 valence electrons. The van der Waals surface area contributed by atoms with E-state index in [9.17, 15) is 10.2 Å². The SMILES string of the molecule is C=C(CC(C)(C)c1ccc(O)cc1)c1ccc(O)cc1. The van der Waals surface area contributed by atoms with Crippen LogP contribution in [-0.2, 0) is 5.41 Å². The van der Waals surface area contributed by atoms with Crippen LogP contribution >= 0.6 is 0 Å². The summed E-state index contributed by atoms with van der Waals surface area (Å²) >= 11 is 0. The third-order valence-corrected chi connectivity index (χ3v) is 3.58. The van der Waals surface area contributed by atoms with E-state index in [-0.39, 0.29) is 16.9 Å². The van der Waals surface area contributed by atoms with Gasteiger partial charge in [0.05, 0.1) is 0 Å². The predicted molar refractivity (Wildman–Crippen MR) is 82.9 cm³/mol. The van der Waals surface area contributed by atoms with Crippen molar-refractivity contribution in [2.45, 2.75) is 25.7 Å². The lowest BCUT2D eigenvalue weighted by Gasteiger charge is -2.26. The van der Waals surface area contributed by atoms with Gasteiger partial charge in [-0.2, -0.15) is 0 Å². The standard InChI is InChI=1S/C18H20O2/c1-13(14-4-8-16(19)9-5-14)12-18(2,3)15-6-10-17(20)11-7-15/h4-11,19-20H,1,12H2,2-3H3. The summed E-state index contributed by atoms with van der Waals surface area (Å²) in [5.41, 5.74) is 3.16. The van der Waals surface area contributed by atoms with Gasteiger partial charge in [0.25, 0.3) is 0 Å². The molecule has 2 rings (SSSR count). The minimum atomic E-state index is -0.0668. The Morgan fingerprint density at radius 2 is 1.35 bits per heavy atom. The van der Waals surface area contributed by atoms with Crippen LogP contribution < -0.4 is 0 Å². The van der Waals surface area contributed by atoms with Gasteiger partial charge in [0.15, 0.2) is 0 Å². The van der Waals surface area contributed by atoms with Crippen molar-refractivity contribution in [3.05, 3.63) is 66.2 Å². The summed E-state index contributed by atoms with van der Waals surface area (Å²) in [6.07, 6.45) is 0.808. The molecule has 0 aliphatic heterocycles. The molecule has 0 radical (unpaired) electrons. The van der Waals surface area contributed by atoms with Crippen molar-refractivity contribution in [1.29, 1.82) is 0 Å². The lowest BCUT2D eigenvalue weighted by molar-refractivity contribution is 0.473. The van der Waals surface area contributed by atoms with Gasteiger partial charge in [-0.15, -0.1) is 0 Å². The summed E-state index contributed by atoms with van der Waals surface area (Å²) in [5, 5.41) is 18.7. The molecule has 0 saturated carbocycles. The van der Waals surface area contributed by atoms with Gasteiger partial charge in [0.1, 0.15) is 11.5 Å². The molecule has 0 saturated heterocycles. The summed E-state index contributed by atoms with van der Waals surface area (Å²) in [6.45, 7) is 8.47. The van der Waals surface area contributed by atoms with Crippen LogP contribution in [0.3, 0.4) is 0 Å². The van der Waals surface area contributed by atoms with Crippen LogP contribution in [0.4, 0.5) is 0 Å². The van der Waals surface area contributed by atoms with Crippen molar-refractivity contribution < 1.29 is 10.2 Å². The van der Waals surface area contributed by atoms with E-state index in [0.29, 0.717) is 0 Å². The molecule has 2 heteroatoms. The van der Waals surface area contributed by atoms with Gasteiger partial charge in [-0.25, -0.2) is 0 Å². The summed E-state index contributed by atoms with van der Waals surface area (Å²) < 4.78 is 0. The first-order valence-electron chi connectivity index (χ1n) is 6.65. The lowest BCUT2D eigenvalue weighted by Crippen LogP contribution is -2.17. The van der Waals surface area contributed by atoms with E-state index in [0.717, 1.165) is 23.1 Å². The summed E-state index contributed by atoms with van der Waals surface area (Å²) in [6, 6.07) is 14.4. The molecule has 0 aliphatic carbocycles. The van der Waals surface area contributed by atoms with Crippen LogP contribution in [0, 0.1) is 0 Å². The number of phenols is 2. The zero-order valence-electron chi connectivity index (χ0n) is 11.9. The second-order valence-electron chi connectivity index (χ2n) is 5.76. The van der Waals surface area contributed by atoms with Gasteiger partial charge in [-0.1, -0.05) is 44.7 Å². The van der Waals surface area contributed by atoms with E-state index >= 15 is 0 Å². The maximum absolute atomic E-state index is 9.37. The second-order valence-corrected chi connectivity index (χ2v) is 5.76. The molecule has 0 atom stereocenters. The number of phenolic OH excluding ortho intramolecular Hbond substituents is 2. The van der Waals surface area contributed by atoms with Gasteiger partial charge < -0.3 is 10.2 Å². The van der Waals surface area contributed by atoms with E-state index in [1.165, 1.54) is 0 Å². The molecule has 0 bridgehead atoms. The summed E-state index contributed by atoms with van der Waals surface area (Å²) in [4.78, 5) is 0. The van der Waals surface area contributed by atoms with Crippen molar-refractivity contribution in [3.8, 4) is 11.5 Å². The van der Waals surface area contributed by atoms with E-state index in [2.05, 4.69) is 20.4 Å². The second kappa shape index (κ2) is 5.41. The van der Waals surface area contributed by atoms with E-state index in [1.807, 2.05) is 24.3 Å². The number of allylic oxidation sites excluding steroid dienone is 1. The molecule has 0 unspecified atom stereocenters. The summed E-state index contributed by atoms with van der Waals surface area (Å²) in [7, 11) is 0. The maximum atomic E-state index is 9.37. The molecule has 2 aromatic carbocycles. The van der Waals surface area contributed by atoms with Crippen LogP contribution in [0.2, 0.25) is 0 Å². The lowest BCUT2D eigenvalue weighted by atomic mass is 9.78. The van der Waals surface area contributed by atoms with Gasteiger partial charge in [-0.3, -0.25) is 0 Å². The molecule has 0 aromatic heterocycles. The predicted octanol–water partition coefficient (Wildman–Crippen LogP) is 4.48. The van der Waals surface area contributed by atoms with Crippen molar-refractivity contribution in [3.63, 3.8) is 0 Å². The first kappa shape index (κ1) is 14.2. The monoisotopic (exact) mass is 268 g/mol. The molecule has 2 N–H and O–H groups in total. The Morgan fingerprint density at radius 3 is 1.85 bits per heavy atom. The zero-order valence-corrected chi connectivity index (χ0v) is 11.9. The molecule has 0 spiro atoms. The average molecular weight is 268 g/mol. The Kier molecular flexibility index (Phi) is 3.84. The van der Waals surface area contributed by atoms with E-state index in [1.54, 1.807) is 24.3 Å². The third kappa shape index (κ3) is 3.21. The Balaban J connectivity index is 2.17. The van der Waals surface area contributed by atoms with Gasteiger partial charge >= 0.3 is 0 Å². The normalized spacial score (nSPS) is 11.3. The van der Waals surface area contributed by atoms with E-state index < -0.39 is 0 Å². The fourth-order valence-corrected chi connectivity index (χ4v) is 2.35. The number of hydrogen-bond donors (Lipinski definition) is 2. The largest absolute Gasteiger partial charge is 0.508 e. The van der Waals surface area contributed by atoms with Crippen molar-refractivity contribution in [1.82, 2.24) is 0 Å². The van der Waals surface area contributed by atoms with Gasteiger partial charge in [0, 0.05) is 0 Å². The van der Waals surface area contributed by atoms with Gasteiger partial charge in [0.2, 0.25) is 0 Å². The summed E-state index contributed by atoms with van der Waals surface area (Å²) in [5.74, 6) is 0.543. The highest BCUT2D eigenvalue weighted by Crippen LogP contribution is 2.34. The first-order valence-corrected chi connectivity index (χ1v) is 6.65. The fourth-order valence-electron chi connectivity index (χ4n) is 2.35. The van der Waals surface area contributed by atoms with Crippen molar-refractivity contribution in [2.75, 3.05) is 0 Å². The number of rotatable bonds is 4. The molecule has 0 aliphatic rings. The molecule has 2 nitrogen and oxygen atoms in total. The van der Waals surface area contributed by atoms with Crippen molar-refractivity contribution >= 4 is 5.57 Å². The molecule has 20 heavy (non-hydrogen) atoms. The molecular formula is C18H20O2. The molecule has 0 heterocycles. The first-order chi connectivity index (χ1) is 9.38. The highest BCUT2D eigenvalue weighted by atomic mass is 16.3. The number of aromatic hydroxyl groups is 2. The average Bonchev–Trinajstić information content (AvgIpc) is 2.39.